The van der Waals surface area contributed by atoms with Gasteiger partial charge in [-0.25, -0.2) is 0 Å². The molecule has 0 saturated heterocycles. The summed E-state index contributed by atoms with van der Waals surface area (Å²) in [7, 11) is 0. The van der Waals surface area contributed by atoms with Crippen LogP contribution in [0.2, 0.25) is 0 Å². The number of allylic oxidation sites excluding steroid dienone is 16. The number of anilines is 2. The van der Waals surface area contributed by atoms with Gasteiger partial charge in [-0.2, -0.15) is 0 Å². The molecule has 1 aromatic rings. The fraction of sp³-hybridized carbons (Fsp3) is 0.551. The molecule has 9 unspecified atom stereocenters. The van der Waals surface area contributed by atoms with Crippen molar-refractivity contribution in [3.63, 3.8) is 0 Å². The summed E-state index contributed by atoms with van der Waals surface area (Å²) < 4.78 is 0. The number of hydrogen-bond donors (Lipinski definition) is 1. The lowest BCUT2D eigenvalue weighted by Gasteiger charge is -2.47. The lowest BCUT2D eigenvalue weighted by atomic mass is 9.57. The number of hydrogen-bond acceptors (Lipinski definition) is 2. The third kappa shape index (κ3) is 5.56. The van der Waals surface area contributed by atoms with Gasteiger partial charge in [-0.3, -0.25) is 0 Å². The number of nitrogens with zero attached hydrogens (tertiary/aromatic N) is 1. The summed E-state index contributed by atoms with van der Waals surface area (Å²) in [5.41, 5.74) is 15.2. The summed E-state index contributed by atoms with van der Waals surface area (Å²) in [5, 5.41) is 3.83. The van der Waals surface area contributed by atoms with E-state index >= 15 is 0 Å². The van der Waals surface area contributed by atoms with Crippen LogP contribution in [0.25, 0.3) is 0 Å². The van der Waals surface area contributed by atoms with Crippen molar-refractivity contribution in [1.82, 2.24) is 0 Å². The van der Waals surface area contributed by atoms with E-state index in [1.807, 2.05) is 16.7 Å². The molecule has 1 fully saturated rings. The number of benzene rings is 1. The van der Waals surface area contributed by atoms with E-state index in [0.717, 1.165) is 18.3 Å². The molecule has 1 saturated carbocycles. The molecule has 1 N–H and O–H groups in total. The molecule has 8 aliphatic carbocycles. The molecule has 0 amide bonds. The van der Waals surface area contributed by atoms with Crippen LogP contribution in [0.15, 0.2) is 118 Å². The summed E-state index contributed by atoms with van der Waals surface area (Å²) in [6, 6.07) is 8.98. The van der Waals surface area contributed by atoms with Gasteiger partial charge in [-0.05, 0) is 173 Å². The Morgan fingerprint density at radius 1 is 0.784 bits per heavy atom. The van der Waals surface area contributed by atoms with Crippen LogP contribution in [0.1, 0.15) is 116 Å². The van der Waals surface area contributed by atoms with Crippen molar-refractivity contribution in [3.05, 3.63) is 118 Å². The second kappa shape index (κ2) is 13.6. The van der Waals surface area contributed by atoms with Gasteiger partial charge in [0.2, 0.25) is 0 Å². The molecule has 9 atom stereocenters. The predicted molar refractivity (Wildman–Crippen MR) is 214 cm³/mol. The average Bonchev–Trinajstić information content (AvgIpc) is 3.75. The van der Waals surface area contributed by atoms with Crippen molar-refractivity contribution < 1.29 is 0 Å². The summed E-state index contributed by atoms with van der Waals surface area (Å²) >= 11 is 0. The van der Waals surface area contributed by atoms with Gasteiger partial charge in [0.25, 0.3) is 0 Å². The summed E-state index contributed by atoms with van der Waals surface area (Å²) in [6.45, 7) is 2.33. The van der Waals surface area contributed by atoms with E-state index < -0.39 is 0 Å². The molecule has 0 radical (unpaired) electrons. The summed E-state index contributed by atoms with van der Waals surface area (Å²) in [5.74, 6) is 5.58. The van der Waals surface area contributed by atoms with Gasteiger partial charge in [0.15, 0.2) is 0 Å². The van der Waals surface area contributed by atoms with Crippen LogP contribution in [0.5, 0.6) is 0 Å². The molecule has 9 aliphatic rings. The van der Waals surface area contributed by atoms with Gasteiger partial charge in [0.05, 0.1) is 11.4 Å². The number of nitrogens with one attached hydrogen (secondary N) is 1. The first kappa shape index (κ1) is 32.4. The topological polar surface area (TPSA) is 15.3 Å². The minimum absolute atomic E-state index is 0.364. The Balaban J connectivity index is 1.02. The van der Waals surface area contributed by atoms with Crippen LogP contribution in [0.4, 0.5) is 11.4 Å². The van der Waals surface area contributed by atoms with Crippen molar-refractivity contribution in [1.29, 1.82) is 0 Å². The fourth-order valence-corrected chi connectivity index (χ4v) is 12.9. The SMILES string of the molecule is CCC1Nc2ccccc2N1C1=CCCC(C2=CC(C3CC(C4C=CCCC4)C4=C(C5CCCC6CC=CC4=C65)C3C3C=CCCC3)=CCC2)C1. The second-order valence-electron chi connectivity index (χ2n) is 17.7. The van der Waals surface area contributed by atoms with Gasteiger partial charge < -0.3 is 10.2 Å². The van der Waals surface area contributed by atoms with E-state index in [-0.39, 0.29) is 0 Å². The van der Waals surface area contributed by atoms with Crippen molar-refractivity contribution in [2.75, 3.05) is 10.2 Å². The quantitative estimate of drug-likeness (QED) is 0.302. The average molecular weight is 677 g/mol. The highest BCUT2D eigenvalue weighted by atomic mass is 15.3. The third-order valence-corrected chi connectivity index (χ3v) is 15.0. The van der Waals surface area contributed by atoms with E-state index in [0.29, 0.717) is 41.7 Å². The first-order valence-corrected chi connectivity index (χ1v) is 21.5. The molecular formula is C49H60N2. The molecule has 0 spiro atoms. The molecule has 1 heterocycles. The maximum absolute atomic E-state index is 3.83. The smallest absolute Gasteiger partial charge is 0.103 e. The Labute approximate surface area is 308 Å². The number of rotatable bonds is 6. The second-order valence-corrected chi connectivity index (χ2v) is 17.7. The van der Waals surface area contributed by atoms with Crippen LogP contribution in [-0.2, 0) is 0 Å². The van der Waals surface area contributed by atoms with Gasteiger partial charge >= 0.3 is 0 Å². The standard InChI is InChI=1S/C49H60N2/c1-2-45-50-43-27-9-10-28-44(43)51(45)38-24-12-22-36(30-38)35-21-11-23-37(29-35)42-31-41(32-15-5-3-6-16-32)48-39-25-13-19-33-20-14-26-40(46(33)39)49(48)47(42)34-17-7-4-8-18-34/h5,7,9-10,13,15,17,23-25,27-29,32-34,36,40-42,45,47,50H,2-4,6,8,11-12,14,16,18-22,26,30-31H2,1H3. The molecule has 1 aliphatic heterocycles. The van der Waals surface area contributed by atoms with Crippen molar-refractivity contribution in [3.8, 4) is 0 Å². The van der Waals surface area contributed by atoms with Gasteiger partial charge in [-0.1, -0.05) is 96.9 Å². The molecule has 10 rings (SSSR count). The number of para-hydroxylation sites is 2. The fourth-order valence-electron chi connectivity index (χ4n) is 12.9. The predicted octanol–water partition coefficient (Wildman–Crippen LogP) is 12.9. The molecule has 0 aromatic heterocycles. The zero-order valence-electron chi connectivity index (χ0n) is 31.2. The van der Waals surface area contributed by atoms with E-state index in [9.17, 15) is 0 Å². The van der Waals surface area contributed by atoms with E-state index in [1.54, 1.807) is 22.4 Å². The molecule has 266 valence electrons. The van der Waals surface area contributed by atoms with Crippen LogP contribution >= 0.6 is 0 Å². The van der Waals surface area contributed by atoms with Crippen LogP contribution < -0.4 is 10.2 Å². The molecule has 0 bridgehead atoms. The molecular weight excluding hydrogens is 617 g/mol. The monoisotopic (exact) mass is 676 g/mol. The Morgan fingerprint density at radius 3 is 2.49 bits per heavy atom. The van der Waals surface area contributed by atoms with Gasteiger partial charge in [0, 0.05) is 11.6 Å². The zero-order chi connectivity index (χ0) is 33.9. The van der Waals surface area contributed by atoms with Crippen molar-refractivity contribution in [2.45, 2.75) is 122 Å². The van der Waals surface area contributed by atoms with Crippen LogP contribution in [0.3, 0.4) is 0 Å². The summed E-state index contributed by atoms with van der Waals surface area (Å²) in [4.78, 5) is 2.66. The summed E-state index contributed by atoms with van der Waals surface area (Å²) in [6.07, 6.45) is 46.4. The largest absolute Gasteiger partial charge is 0.363 e. The molecule has 51 heavy (non-hydrogen) atoms. The highest BCUT2D eigenvalue weighted by Crippen LogP contribution is 2.63. The van der Waals surface area contributed by atoms with Crippen molar-refractivity contribution >= 4 is 11.4 Å². The Kier molecular flexibility index (Phi) is 8.65. The Bertz CT molecular complexity index is 1790. The highest BCUT2D eigenvalue weighted by Gasteiger charge is 2.51. The minimum atomic E-state index is 0.364. The third-order valence-electron chi connectivity index (χ3n) is 15.0. The first-order valence-electron chi connectivity index (χ1n) is 21.5. The van der Waals surface area contributed by atoms with Crippen LogP contribution in [0, 0.1) is 47.3 Å². The molecule has 2 heteroatoms. The van der Waals surface area contributed by atoms with Crippen molar-refractivity contribution in [2.24, 2.45) is 47.3 Å². The van der Waals surface area contributed by atoms with E-state index in [4.69, 9.17) is 0 Å². The minimum Gasteiger partial charge on any atom is -0.363 e. The number of fused-ring (bicyclic) bond motifs is 3. The molecule has 1 aromatic carbocycles. The molecule has 2 nitrogen and oxygen atoms in total. The lowest BCUT2D eigenvalue weighted by Crippen LogP contribution is -2.38. The van der Waals surface area contributed by atoms with Gasteiger partial charge in [-0.15, -0.1) is 0 Å². The van der Waals surface area contributed by atoms with Gasteiger partial charge in [0.1, 0.15) is 6.17 Å². The lowest BCUT2D eigenvalue weighted by molar-refractivity contribution is 0.214. The Hall–Kier alpha value is -3.26. The van der Waals surface area contributed by atoms with E-state index in [2.05, 4.69) is 96.1 Å². The first-order chi connectivity index (χ1) is 25.3. The van der Waals surface area contributed by atoms with Crippen LogP contribution in [-0.4, -0.2) is 6.17 Å². The Morgan fingerprint density at radius 2 is 1.65 bits per heavy atom. The zero-order valence-corrected chi connectivity index (χ0v) is 31.2. The normalized spacial score (nSPS) is 37.0. The highest BCUT2D eigenvalue weighted by molar-refractivity contribution is 5.78. The maximum Gasteiger partial charge on any atom is 0.103 e. The van der Waals surface area contributed by atoms with E-state index in [1.165, 1.54) is 114 Å². The maximum atomic E-state index is 3.83.